The van der Waals surface area contributed by atoms with Gasteiger partial charge in [0.2, 0.25) is 0 Å². The maximum atomic E-state index is 10.7. The Morgan fingerprint density at radius 3 is 1.94 bits per heavy atom. The van der Waals surface area contributed by atoms with E-state index in [1.165, 1.54) is 19.9 Å². The van der Waals surface area contributed by atoms with Crippen molar-refractivity contribution in [3.05, 3.63) is 34.9 Å². The fourth-order valence-corrected chi connectivity index (χ4v) is 1.78. The molecule has 0 aliphatic heterocycles. The Balaban J connectivity index is 3.12. The first-order chi connectivity index (χ1) is 8.11. The number of benzene rings is 1. The molecule has 0 saturated carbocycles. The quantitative estimate of drug-likeness (QED) is 0.437. The van der Waals surface area contributed by atoms with Gasteiger partial charge in [-0.05, 0) is 31.0 Å². The van der Waals surface area contributed by atoms with Crippen molar-refractivity contribution in [3.8, 4) is 0 Å². The highest BCUT2D eigenvalue weighted by Crippen LogP contribution is 2.20. The summed E-state index contributed by atoms with van der Waals surface area (Å²) in [5.74, 6) is -3.81. The van der Waals surface area contributed by atoms with E-state index in [1.54, 1.807) is 12.1 Å². The number of rotatable bonds is 5. The van der Waals surface area contributed by atoms with Crippen molar-refractivity contribution >= 4 is 6.29 Å². The predicted octanol–water partition coefficient (Wildman–Crippen LogP) is -0.0143. The number of carbonyl (C=O) groups is 1. The molecule has 0 heterocycles. The summed E-state index contributed by atoms with van der Waals surface area (Å²) in [6, 6.07) is 4.64. The van der Waals surface area contributed by atoms with Gasteiger partial charge in [-0.15, -0.1) is 0 Å². The van der Waals surface area contributed by atoms with Crippen LogP contribution in [0.1, 0.15) is 35.3 Å². The van der Waals surface area contributed by atoms with Gasteiger partial charge in [0.15, 0.2) is 11.6 Å². The van der Waals surface area contributed by atoms with Crippen molar-refractivity contribution in [2.45, 2.75) is 38.3 Å². The van der Waals surface area contributed by atoms with Gasteiger partial charge in [0.1, 0.15) is 6.29 Å². The highest BCUT2D eigenvalue weighted by Gasteiger charge is 2.22. The first kappa shape index (κ1) is 14.8. The van der Waals surface area contributed by atoms with Gasteiger partial charge < -0.3 is 20.4 Å². The molecule has 0 aliphatic carbocycles. The number of aldehydes is 1. The summed E-state index contributed by atoms with van der Waals surface area (Å²) < 4.78 is 0. The normalized spacial score (nSPS) is 12.6. The van der Waals surface area contributed by atoms with Gasteiger partial charge in [0.25, 0.3) is 0 Å². The van der Waals surface area contributed by atoms with Gasteiger partial charge >= 0.3 is 0 Å². The molecular weight excluding hydrogens is 236 g/mol. The zero-order valence-electron chi connectivity index (χ0n) is 10.4. The van der Waals surface area contributed by atoms with E-state index in [-0.39, 0.29) is 12.8 Å². The number of carbonyl (C=O) groups excluding carboxylic acids is 1. The summed E-state index contributed by atoms with van der Waals surface area (Å²) in [7, 11) is 0. The molecule has 5 heteroatoms. The summed E-state index contributed by atoms with van der Waals surface area (Å²) in [5.41, 5.74) is 1.46. The predicted molar refractivity (Wildman–Crippen MR) is 64.9 cm³/mol. The second-order valence-corrected chi connectivity index (χ2v) is 4.93. The lowest BCUT2D eigenvalue weighted by molar-refractivity contribution is -0.147. The Bertz CT molecular complexity index is 426. The molecule has 18 heavy (non-hydrogen) atoms. The average Bonchev–Trinajstić information content (AvgIpc) is 2.16. The molecule has 4 N–H and O–H groups in total. The Hall–Kier alpha value is -1.27. The van der Waals surface area contributed by atoms with Crippen LogP contribution in [0.15, 0.2) is 18.2 Å². The summed E-state index contributed by atoms with van der Waals surface area (Å²) in [4.78, 5) is 10.7. The van der Waals surface area contributed by atoms with Crippen LogP contribution in [-0.4, -0.2) is 38.3 Å². The van der Waals surface area contributed by atoms with Crippen molar-refractivity contribution in [2.24, 2.45) is 0 Å². The van der Waals surface area contributed by atoms with E-state index in [9.17, 15) is 25.2 Å². The molecule has 0 atom stereocenters. The summed E-state index contributed by atoms with van der Waals surface area (Å²) in [6.45, 7) is 2.46. The maximum Gasteiger partial charge on any atom is 0.163 e. The van der Waals surface area contributed by atoms with Crippen LogP contribution < -0.4 is 0 Å². The molecule has 0 spiro atoms. The largest absolute Gasteiger partial charge is 0.366 e. The Kier molecular flexibility index (Phi) is 4.24. The molecule has 0 unspecified atom stereocenters. The van der Waals surface area contributed by atoms with E-state index in [4.69, 9.17) is 0 Å². The van der Waals surface area contributed by atoms with Crippen molar-refractivity contribution in [1.29, 1.82) is 0 Å². The zero-order valence-corrected chi connectivity index (χ0v) is 10.4. The van der Waals surface area contributed by atoms with Gasteiger partial charge in [0, 0.05) is 18.4 Å². The molecule has 0 aliphatic rings. The number of hydrogen-bond donors (Lipinski definition) is 4. The monoisotopic (exact) mass is 254 g/mol. The van der Waals surface area contributed by atoms with Crippen LogP contribution in [0.25, 0.3) is 0 Å². The highest BCUT2D eigenvalue weighted by molar-refractivity contribution is 5.75. The van der Waals surface area contributed by atoms with E-state index < -0.39 is 11.6 Å². The Labute approximate surface area is 105 Å². The summed E-state index contributed by atoms with van der Waals surface area (Å²) in [5, 5.41) is 37.6. The third kappa shape index (κ3) is 4.93. The Morgan fingerprint density at radius 2 is 1.50 bits per heavy atom. The molecule has 0 bridgehead atoms. The van der Waals surface area contributed by atoms with Crippen molar-refractivity contribution in [2.75, 3.05) is 0 Å². The smallest absolute Gasteiger partial charge is 0.163 e. The van der Waals surface area contributed by atoms with Crippen LogP contribution in [0.5, 0.6) is 0 Å². The van der Waals surface area contributed by atoms with Gasteiger partial charge in [-0.1, -0.05) is 12.1 Å². The van der Waals surface area contributed by atoms with Crippen LogP contribution in [-0.2, 0) is 12.8 Å². The first-order valence-electron chi connectivity index (χ1n) is 5.57. The van der Waals surface area contributed by atoms with Crippen LogP contribution >= 0.6 is 0 Å². The van der Waals surface area contributed by atoms with E-state index in [0.29, 0.717) is 23.0 Å². The molecule has 0 radical (unpaired) electrons. The van der Waals surface area contributed by atoms with Crippen LogP contribution in [0, 0.1) is 0 Å². The summed E-state index contributed by atoms with van der Waals surface area (Å²) >= 11 is 0. The van der Waals surface area contributed by atoms with Crippen molar-refractivity contribution in [3.63, 3.8) is 0 Å². The second-order valence-electron chi connectivity index (χ2n) is 4.93. The molecule has 0 amide bonds. The van der Waals surface area contributed by atoms with E-state index in [2.05, 4.69) is 0 Å². The van der Waals surface area contributed by atoms with E-state index in [1.807, 2.05) is 0 Å². The average molecular weight is 254 g/mol. The van der Waals surface area contributed by atoms with Crippen molar-refractivity contribution in [1.82, 2.24) is 0 Å². The highest BCUT2D eigenvalue weighted by atomic mass is 16.5. The maximum absolute atomic E-state index is 10.7. The SMILES string of the molecule is CC(O)(O)Cc1ccc(C=O)cc1CC(C)(O)O. The van der Waals surface area contributed by atoms with Gasteiger partial charge in [-0.2, -0.15) is 0 Å². The molecule has 5 nitrogen and oxygen atoms in total. The lowest BCUT2D eigenvalue weighted by Crippen LogP contribution is -2.30. The fraction of sp³-hybridized carbons (Fsp3) is 0.462. The van der Waals surface area contributed by atoms with Gasteiger partial charge in [-0.25, -0.2) is 0 Å². The lowest BCUT2D eigenvalue weighted by atomic mass is 9.94. The minimum atomic E-state index is -1.92. The molecular formula is C13H18O5. The number of aliphatic hydroxyl groups is 4. The molecule has 100 valence electrons. The minimum Gasteiger partial charge on any atom is -0.366 e. The fourth-order valence-electron chi connectivity index (χ4n) is 1.78. The topological polar surface area (TPSA) is 98.0 Å². The van der Waals surface area contributed by atoms with E-state index >= 15 is 0 Å². The van der Waals surface area contributed by atoms with Gasteiger partial charge in [0.05, 0.1) is 0 Å². The third-order valence-corrected chi connectivity index (χ3v) is 2.42. The molecule has 1 aromatic rings. The number of hydrogen-bond acceptors (Lipinski definition) is 5. The second kappa shape index (κ2) is 5.16. The van der Waals surface area contributed by atoms with E-state index in [0.717, 1.165) is 0 Å². The minimum absolute atomic E-state index is 0.0580. The van der Waals surface area contributed by atoms with Crippen LogP contribution in [0.3, 0.4) is 0 Å². The summed E-state index contributed by atoms with van der Waals surface area (Å²) in [6.07, 6.45) is 0.494. The third-order valence-electron chi connectivity index (χ3n) is 2.42. The molecule has 0 saturated heterocycles. The molecule has 1 rings (SSSR count). The van der Waals surface area contributed by atoms with Crippen molar-refractivity contribution < 1.29 is 25.2 Å². The zero-order chi connectivity index (χ0) is 14.0. The standard InChI is InChI=1S/C13H18O5/c1-12(15,16)6-10-4-3-9(8-14)5-11(10)7-13(2,17)18/h3-5,8,15-18H,6-7H2,1-2H3. The van der Waals surface area contributed by atoms with Gasteiger partial charge in [-0.3, -0.25) is 4.79 Å². The molecule has 0 aromatic heterocycles. The first-order valence-corrected chi connectivity index (χ1v) is 5.57. The Morgan fingerprint density at radius 1 is 1.00 bits per heavy atom. The van der Waals surface area contributed by atoms with Crippen LogP contribution in [0.4, 0.5) is 0 Å². The van der Waals surface area contributed by atoms with Crippen LogP contribution in [0.2, 0.25) is 0 Å². The molecule has 0 fully saturated rings. The lowest BCUT2D eigenvalue weighted by Gasteiger charge is -2.22. The molecule has 1 aromatic carbocycles.